The van der Waals surface area contributed by atoms with Gasteiger partial charge in [0.25, 0.3) is 0 Å². The number of fused-ring (bicyclic) bond motifs is 1. The number of carboxylic acids is 3. The van der Waals surface area contributed by atoms with Crippen molar-refractivity contribution in [1.82, 2.24) is 16.0 Å². The normalized spacial score (nSPS) is 13.2. The minimum absolute atomic E-state index is 0.0571. The number of carboxylic acid groups (broad SMARTS) is 3. The molecule has 0 aliphatic heterocycles. The van der Waals surface area contributed by atoms with E-state index >= 15 is 0 Å². The number of carbonyl (C=O) groups is 5. The van der Waals surface area contributed by atoms with Gasteiger partial charge < -0.3 is 31.3 Å². The molecule has 3 atom stereocenters. The van der Waals surface area contributed by atoms with E-state index in [-0.39, 0.29) is 24.7 Å². The van der Waals surface area contributed by atoms with Crippen molar-refractivity contribution in [2.24, 2.45) is 5.92 Å². The lowest BCUT2D eigenvalue weighted by molar-refractivity contribution is -0.140. The van der Waals surface area contributed by atoms with Crippen molar-refractivity contribution in [1.29, 1.82) is 0 Å². The highest BCUT2D eigenvalue weighted by atomic mass is 16.4. The van der Waals surface area contributed by atoms with Gasteiger partial charge in [-0.15, -0.1) is 0 Å². The van der Waals surface area contributed by atoms with E-state index in [2.05, 4.69) is 28.1 Å². The molecule has 3 unspecified atom stereocenters. The molecule has 0 spiro atoms. The Hall–Kier alpha value is -4.15. The number of amides is 3. The van der Waals surface area contributed by atoms with Crippen LogP contribution >= 0.6 is 0 Å². The number of hydrogen-bond donors (Lipinski definition) is 6. The molecule has 2 aromatic rings. The highest BCUT2D eigenvalue weighted by Gasteiger charge is 2.25. The van der Waals surface area contributed by atoms with E-state index in [1.807, 2.05) is 37.3 Å². The zero-order chi connectivity index (χ0) is 28.8. The topological polar surface area (TPSA) is 182 Å². The molecule has 0 fully saturated rings. The van der Waals surface area contributed by atoms with Crippen molar-refractivity contribution < 1.29 is 39.3 Å². The van der Waals surface area contributed by atoms with Gasteiger partial charge in [0.1, 0.15) is 12.1 Å². The number of rotatable bonds is 17. The van der Waals surface area contributed by atoms with Crippen LogP contribution in [0.2, 0.25) is 0 Å². The van der Waals surface area contributed by atoms with E-state index in [1.165, 1.54) is 0 Å². The third kappa shape index (κ3) is 11.0. The van der Waals surface area contributed by atoms with Gasteiger partial charge in [0.15, 0.2) is 0 Å². The van der Waals surface area contributed by atoms with Crippen LogP contribution in [0.4, 0.5) is 4.79 Å². The van der Waals surface area contributed by atoms with Crippen molar-refractivity contribution in [3.63, 3.8) is 0 Å². The molecule has 11 nitrogen and oxygen atoms in total. The van der Waals surface area contributed by atoms with Crippen molar-refractivity contribution in [2.45, 2.75) is 70.4 Å². The van der Waals surface area contributed by atoms with E-state index in [1.54, 1.807) is 0 Å². The lowest BCUT2D eigenvalue weighted by atomic mass is 9.93. The van der Waals surface area contributed by atoms with E-state index in [9.17, 15) is 29.1 Å². The zero-order valence-corrected chi connectivity index (χ0v) is 22.0. The first-order valence-electron chi connectivity index (χ1n) is 13.1. The Labute approximate surface area is 227 Å². The third-order valence-corrected chi connectivity index (χ3v) is 6.38. The Kier molecular flexibility index (Phi) is 12.7. The molecule has 0 aliphatic carbocycles. The number of aliphatic carboxylic acids is 3. The molecule has 0 saturated carbocycles. The smallest absolute Gasteiger partial charge is 0.326 e. The summed E-state index contributed by atoms with van der Waals surface area (Å²) in [6.45, 7) is 2.38. The van der Waals surface area contributed by atoms with Crippen molar-refractivity contribution in [3.05, 3.63) is 48.0 Å². The lowest BCUT2D eigenvalue weighted by Gasteiger charge is -2.19. The zero-order valence-electron chi connectivity index (χ0n) is 22.0. The summed E-state index contributed by atoms with van der Waals surface area (Å²) in [4.78, 5) is 58.4. The highest BCUT2D eigenvalue weighted by molar-refractivity contribution is 5.86. The van der Waals surface area contributed by atoms with E-state index in [4.69, 9.17) is 10.2 Å². The van der Waals surface area contributed by atoms with Crippen LogP contribution in [0.3, 0.4) is 0 Å². The minimum Gasteiger partial charge on any atom is -0.481 e. The third-order valence-electron chi connectivity index (χ3n) is 6.38. The minimum atomic E-state index is -1.46. The highest BCUT2D eigenvalue weighted by Crippen LogP contribution is 2.20. The average Bonchev–Trinajstić information content (AvgIpc) is 2.89. The molecule has 0 bridgehead atoms. The first-order valence-corrected chi connectivity index (χ1v) is 13.1. The predicted octanol–water partition coefficient (Wildman–Crippen LogP) is 3.16. The summed E-state index contributed by atoms with van der Waals surface area (Å²) in [5.41, 5.74) is 1.09. The van der Waals surface area contributed by atoms with Crippen LogP contribution in [0.1, 0.15) is 57.4 Å². The molecule has 0 saturated heterocycles. The molecular formula is C28H37N3O8. The maximum atomic E-state index is 12.8. The summed E-state index contributed by atoms with van der Waals surface area (Å²) >= 11 is 0. The summed E-state index contributed by atoms with van der Waals surface area (Å²) in [6.07, 6.45) is 2.37. The van der Waals surface area contributed by atoms with Crippen LogP contribution in [0.25, 0.3) is 10.8 Å². The predicted molar refractivity (Wildman–Crippen MR) is 144 cm³/mol. The summed E-state index contributed by atoms with van der Waals surface area (Å²) in [5.74, 6) is -4.16. The Morgan fingerprint density at radius 2 is 1.44 bits per heavy atom. The molecule has 39 heavy (non-hydrogen) atoms. The summed E-state index contributed by atoms with van der Waals surface area (Å²) in [5, 5.41) is 36.8. The molecular weight excluding hydrogens is 506 g/mol. The SMILES string of the molecule is CCCC(Cc1ccc2ccccc2c1)C(=O)NCCCCC(NC(=O)NC(CCC(=O)O)C(=O)O)C(=O)O. The molecule has 6 N–H and O–H groups in total. The van der Waals surface area contributed by atoms with Gasteiger partial charge >= 0.3 is 23.9 Å². The standard InChI is InChI=1S/C28H37N3O8/c1-2-7-21(17-18-11-12-19-8-3-4-9-20(19)16-18)25(34)29-15-6-5-10-22(26(35)36)30-28(39)31-23(27(37)38)13-14-24(32)33/h3-4,8-9,11-12,16,21-23H,2,5-7,10,13-15,17H2,1H3,(H,29,34)(H,32,33)(H,35,36)(H,37,38)(H2,30,31,39). The van der Waals surface area contributed by atoms with Crippen LogP contribution in [-0.2, 0) is 25.6 Å². The summed E-state index contributed by atoms with van der Waals surface area (Å²) < 4.78 is 0. The molecule has 0 radical (unpaired) electrons. The second kappa shape index (κ2) is 16.0. The molecule has 212 valence electrons. The van der Waals surface area contributed by atoms with Crippen LogP contribution in [0.5, 0.6) is 0 Å². The fourth-order valence-corrected chi connectivity index (χ4v) is 4.29. The van der Waals surface area contributed by atoms with Crippen LogP contribution in [0, 0.1) is 5.92 Å². The molecule has 0 aliphatic rings. The van der Waals surface area contributed by atoms with Gasteiger partial charge in [-0.25, -0.2) is 14.4 Å². The molecule has 2 aromatic carbocycles. The fraction of sp³-hybridized carbons (Fsp3) is 0.464. The maximum absolute atomic E-state index is 12.8. The van der Waals surface area contributed by atoms with Crippen molar-refractivity contribution in [2.75, 3.05) is 6.54 Å². The van der Waals surface area contributed by atoms with Gasteiger partial charge in [-0.05, 0) is 54.9 Å². The van der Waals surface area contributed by atoms with Crippen molar-refractivity contribution in [3.8, 4) is 0 Å². The van der Waals surface area contributed by atoms with Gasteiger partial charge in [0, 0.05) is 18.9 Å². The second-order valence-corrected chi connectivity index (χ2v) is 9.49. The fourth-order valence-electron chi connectivity index (χ4n) is 4.29. The second-order valence-electron chi connectivity index (χ2n) is 9.49. The van der Waals surface area contributed by atoms with Gasteiger partial charge in [-0.3, -0.25) is 9.59 Å². The maximum Gasteiger partial charge on any atom is 0.326 e. The molecule has 0 heterocycles. The largest absolute Gasteiger partial charge is 0.481 e. The Bertz CT molecular complexity index is 1150. The first kappa shape index (κ1) is 31.1. The van der Waals surface area contributed by atoms with Crippen LogP contribution in [-0.4, -0.2) is 63.8 Å². The molecule has 0 aromatic heterocycles. The van der Waals surface area contributed by atoms with Gasteiger partial charge in [-0.2, -0.15) is 0 Å². The number of urea groups is 1. The number of unbranched alkanes of at least 4 members (excludes halogenated alkanes) is 1. The van der Waals surface area contributed by atoms with Gasteiger partial charge in [-0.1, -0.05) is 55.8 Å². The van der Waals surface area contributed by atoms with Crippen molar-refractivity contribution >= 4 is 40.6 Å². The monoisotopic (exact) mass is 543 g/mol. The Morgan fingerprint density at radius 1 is 0.795 bits per heavy atom. The number of hydrogen-bond acceptors (Lipinski definition) is 5. The van der Waals surface area contributed by atoms with E-state index < -0.39 is 42.4 Å². The number of benzene rings is 2. The van der Waals surface area contributed by atoms with Crippen LogP contribution < -0.4 is 16.0 Å². The van der Waals surface area contributed by atoms with E-state index in [0.717, 1.165) is 29.2 Å². The van der Waals surface area contributed by atoms with Gasteiger partial charge in [0.2, 0.25) is 5.91 Å². The number of carbonyl (C=O) groups excluding carboxylic acids is 2. The summed E-state index contributed by atoms with van der Waals surface area (Å²) in [7, 11) is 0. The lowest BCUT2D eigenvalue weighted by Crippen LogP contribution is -2.51. The Balaban J connectivity index is 1.80. The van der Waals surface area contributed by atoms with Crippen LogP contribution in [0.15, 0.2) is 42.5 Å². The molecule has 3 amide bonds. The summed E-state index contributed by atoms with van der Waals surface area (Å²) in [6, 6.07) is 10.5. The quantitative estimate of drug-likeness (QED) is 0.164. The first-order chi connectivity index (χ1) is 18.6. The molecule has 11 heteroatoms. The molecule has 2 rings (SSSR count). The van der Waals surface area contributed by atoms with E-state index in [0.29, 0.717) is 25.8 Å². The number of nitrogens with one attached hydrogen (secondary N) is 3. The average molecular weight is 544 g/mol. The Morgan fingerprint density at radius 3 is 2.05 bits per heavy atom. The van der Waals surface area contributed by atoms with Gasteiger partial charge in [0.05, 0.1) is 0 Å².